The summed E-state index contributed by atoms with van der Waals surface area (Å²) in [5, 5.41) is 9.16. The summed E-state index contributed by atoms with van der Waals surface area (Å²) in [5.41, 5.74) is 0.218. The zero-order chi connectivity index (χ0) is 12.6. The van der Waals surface area contributed by atoms with Gasteiger partial charge in [0.2, 0.25) is 5.91 Å². The topological polar surface area (TPSA) is 60.9 Å². The molecule has 1 N–H and O–H groups in total. The number of hydrogen-bond donors (Lipinski definition) is 1. The summed E-state index contributed by atoms with van der Waals surface area (Å²) in [7, 11) is 3.97. The number of rotatable bonds is 5. The van der Waals surface area contributed by atoms with Crippen LogP contribution in [0.5, 0.6) is 0 Å². The molecule has 2 aliphatic rings. The first kappa shape index (κ1) is 12.4. The number of aliphatic carboxylic acids is 1. The minimum Gasteiger partial charge on any atom is -0.477 e. The Morgan fingerprint density at radius 3 is 2.76 bits per heavy atom. The van der Waals surface area contributed by atoms with Crippen LogP contribution in [-0.4, -0.2) is 59.2 Å². The van der Waals surface area contributed by atoms with Crippen molar-refractivity contribution in [3.05, 3.63) is 10.6 Å². The number of nitrogens with zero attached hydrogens (tertiary/aromatic N) is 2. The fourth-order valence-electron chi connectivity index (χ4n) is 2.10. The van der Waals surface area contributed by atoms with Crippen LogP contribution in [-0.2, 0) is 9.59 Å². The summed E-state index contributed by atoms with van der Waals surface area (Å²) < 4.78 is 0. The Morgan fingerprint density at radius 1 is 1.53 bits per heavy atom. The third kappa shape index (κ3) is 2.32. The first-order valence-electron chi connectivity index (χ1n) is 5.56. The number of carboxylic acid groups (broad SMARTS) is 1. The van der Waals surface area contributed by atoms with Crippen molar-refractivity contribution < 1.29 is 14.7 Å². The highest BCUT2D eigenvalue weighted by atomic mass is 32.2. The molecule has 94 valence electrons. The van der Waals surface area contributed by atoms with Crippen molar-refractivity contribution in [1.82, 2.24) is 9.80 Å². The lowest BCUT2D eigenvalue weighted by molar-refractivity contribution is -0.147. The van der Waals surface area contributed by atoms with E-state index in [0.717, 1.165) is 17.2 Å². The molecule has 0 spiro atoms. The Hall–Kier alpha value is -1.01. The molecule has 0 radical (unpaired) electrons. The molecule has 1 amide bonds. The molecule has 5 nitrogen and oxygen atoms in total. The van der Waals surface area contributed by atoms with Gasteiger partial charge in [-0.1, -0.05) is 0 Å². The zero-order valence-electron chi connectivity index (χ0n) is 9.97. The second-order valence-electron chi connectivity index (χ2n) is 4.55. The number of carbonyl (C=O) groups is 2. The van der Waals surface area contributed by atoms with E-state index in [1.807, 2.05) is 14.1 Å². The minimum absolute atomic E-state index is 0.0596. The van der Waals surface area contributed by atoms with Crippen LogP contribution < -0.4 is 0 Å². The first-order valence-corrected chi connectivity index (χ1v) is 6.55. The van der Waals surface area contributed by atoms with Crippen LogP contribution in [0.15, 0.2) is 10.6 Å². The van der Waals surface area contributed by atoms with E-state index in [2.05, 4.69) is 4.90 Å². The van der Waals surface area contributed by atoms with E-state index in [-0.39, 0.29) is 17.6 Å². The zero-order valence-corrected chi connectivity index (χ0v) is 10.8. The Morgan fingerprint density at radius 2 is 2.24 bits per heavy atom. The van der Waals surface area contributed by atoms with Crippen LogP contribution >= 0.6 is 11.8 Å². The second-order valence-corrected chi connectivity index (χ2v) is 5.74. The molecular weight excluding hydrogens is 240 g/mol. The fourth-order valence-corrected chi connectivity index (χ4v) is 3.43. The van der Waals surface area contributed by atoms with Gasteiger partial charge in [0, 0.05) is 30.0 Å². The molecule has 2 rings (SSSR count). The van der Waals surface area contributed by atoms with Crippen molar-refractivity contribution in [2.24, 2.45) is 0 Å². The minimum atomic E-state index is -0.979. The van der Waals surface area contributed by atoms with Crippen molar-refractivity contribution in [3.63, 3.8) is 0 Å². The molecule has 6 heteroatoms. The second kappa shape index (κ2) is 4.70. The summed E-state index contributed by atoms with van der Waals surface area (Å²) in [6.45, 7) is 0.902. The van der Waals surface area contributed by atoms with Crippen molar-refractivity contribution in [1.29, 1.82) is 0 Å². The lowest BCUT2D eigenvalue weighted by Gasteiger charge is -2.34. The molecule has 1 saturated heterocycles. The highest BCUT2D eigenvalue weighted by Crippen LogP contribution is 2.42. The summed E-state index contributed by atoms with van der Waals surface area (Å²) in [5.74, 6) is -0.183. The number of fused-ring (bicyclic) bond motifs is 1. The molecule has 1 unspecified atom stereocenters. The van der Waals surface area contributed by atoms with E-state index in [4.69, 9.17) is 5.11 Å². The predicted molar refractivity (Wildman–Crippen MR) is 65.5 cm³/mol. The largest absolute Gasteiger partial charge is 0.477 e. The van der Waals surface area contributed by atoms with E-state index in [1.165, 1.54) is 4.90 Å². The monoisotopic (exact) mass is 256 g/mol. The third-order valence-corrected chi connectivity index (χ3v) is 4.08. The third-order valence-electron chi connectivity index (χ3n) is 2.99. The van der Waals surface area contributed by atoms with Crippen LogP contribution in [0.25, 0.3) is 0 Å². The Balaban J connectivity index is 2.04. The van der Waals surface area contributed by atoms with Gasteiger partial charge in [0.1, 0.15) is 5.70 Å². The van der Waals surface area contributed by atoms with Gasteiger partial charge in [-0.25, -0.2) is 4.79 Å². The summed E-state index contributed by atoms with van der Waals surface area (Å²) in [4.78, 5) is 26.9. The number of β-lactam (4-membered cyclic amide) rings is 1. The van der Waals surface area contributed by atoms with Crippen molar-refractivity contribution in [2.45, 2.75) is 18.9 Å². The number of amides is 1. The molecule has 0 aromatic carbocycles. The molecule has 2 heterocycles. The molecule has 1 atom stereocenters. The normalized spacial score (nSPS) is 23.1. The van der Waals surface area contributed by atoms with Gasteiger partial charge >= 0.3 is 5.97 Å². The van der Waals surface area contributed by atoms with Crippen LogP contribution in [0.1, 0.15) is 12.8 Å². The summed E-state index contributed by atoms with van der Waals surface area (Å²) >= 11 is 1.56. The molecule has 0 bridgehead atoms. The van der Waals surface area contributed by atoms with E-state index < -0.39 is 5.97 Å². The van der Waals surface area contributed by atoms with Gasteiger partial charge in [-0.2, -0.15) is 0 Å². The SMILES string of the molecule is CN(C)CCSC1=C(C(=O)O)N2C(=O)CC2C1. The van der Waals surface area contributed by atoms with Gasteiger partial charge in [0.25, 0.3) is 0 Å². The predicted octanol–water partition coefficient (Wildman–Crippen LogP) is 0.582. The van der Waals surface area contributed by atoms with E-state index in [9.17, 15) is 9.59 Å². The lowest BCUT2D eigenvalue weighted by atomic mass is 10.0. The molecule has 0 aliphatic carbocycles. The quantitative estimate of drug-likeness (QED) is 0.729. The number of thioether (sulfide) groups is 1. The molecule has 2 aliphatic heterocycles. The smallest absolute Gasteiger partial charge is 0.353 e. The number of carboxylic acids is 1. The van der Waals surface area contributed by atoms with Crippen LogP contribution in [0.3, 0.4) is 0 Å². The maximum atomic E-state index is 11.4. The molecule has 0 aromatic heterocycles. The highest BCUT2D eigenvalue weighted by molar-refractivity contribution is 8.03. The van der Waals surface area contributed by atoms with Gasteiger partial charge in [0.15, 0.2) is 0 Å². The van der Waals surface area contributed by atoms with Gasteiger partial charge in [-0.3, -0.25) is 4.79 Å². The molecular formula is C11H16N2O3S. The fraction of sp³-hybridized carbons (Fsp3) is 0.636. The van der Waals surface area contributed by atoms with Gasteiger partial charge in [-0.05, 0) is 14.1 Å². The maximum absolute atomic E-state index is 11.4. The van der Waals surface area contributed by atoms with Gasteiger partial charge in [-0.15, -0.1) is 11.8 Å². The Kier molecular flexibility index (Phi) is 3.44. The summed E-state index contributed by atoms with van der Waals surface area (Å²) in [6.07, 6.45) is 1.21. The average Bonchev–Trinajstić information content (AvgIpc) is 2.50. The van der Waals surface area contributed by atoms with Crippen LogP contribution in [0, 0.1) is 0 Å². The standard InChI is InChI=1S/C11H16N2O3S/c1-12(2)3-4-17-8-5-7-6-9(14)13(7)10(8)11(15)16/h7H,3-6H2,1-2H3,(H,15,16). The Labute approximate surface area is 104 Å². The highest BCUT2D eigenvalue weighted by Gasteiger charge is 2.47. The van der Waals surface area contributed by atoms with E-state index in [1.54, 1.807) is 11.8 Å². The van der Waals surface area contributed by atoms with E-state index >= 15 is 0 Å². The summed E-state index contributed by atoms with van der Waals surface area (Å²) in [6, 6.07) is 0.107. The van der Waals surface area contributed by atoms with Crippen LogP contribution in [0.4, 0.5) is 0 Å². The Bertz CT molecular complexity index is 392. The maximum Gasteiger partial charge on any atom is 0.353 e. The molecule has 0 saturated carbocycles. The average molecular weight is 256 g/mol. The molecule has 1 fully saturated rings. The molecule has 17 heavy (non-hydrogen) atoms. The number of hydrogen-bond acceptors (Lipinski definition) is 4. The van der Waals surface area contributed by atoms with Crippen molar-refractivity contribution >= 4 is 23.6 Å². The van der Waals surface area contributed by atoms with Crippen LogP contribution in [0.2, 0.25) is 0 Å². The lowest BCUT2D eigenvalue weighted by Crippen LogP contribution is -2.49. The van der Waals surface area contributed by atoms with Crippen molar-refractivity contribution in [3.8, 4) is 0 Å². The first-order chi connectivity index (χ1) is 8.00. The van der Waals surface area contributed by atoms with Gasteiger partial charge < -0.3 is 14.9 Å². The van der Waals surface area contributed by atoms with E-state index in [0.29, 0.717) is 12.8 Å². The van der Waals surface area contributed by atoms with Crippen molar-refractivity contribution in [2.75, 3.05) is 26.4 Å². The van der Waals surface area contributed by atoms with Gasteiger partial charge in [0.05, 0.1) is 6.04 Å². The number of carbonyl (C=O) groups excluding carboxylic acids is 1. The molecule has 0 aromatic rings.